The van der Waals surface area contributed by atoms with Crippen molar-refractivity contribution in [2.75, 3.05) is 13.2 Å². The third-order valence-electron chi connectivity index (χ3n) is 3.89. The molecule has 1 aromatic carbocycles. The van der Waals surface area contributed by atoms with Crippen molar-refractivity contribution >= 4 is 11.8 Å². The maximum atomic E-state index is 12.9. The minimum absolute atomic E-state index is 0.0923. The number of nitrogens with two attached hydrogens (primary N) is 1. The Kier molecular flexibility index (Phi) is 5.89. The van der Waals surface area contributed by atoms with Crippen LogP contribution < -0.4 is 11.1 Å². The summed E-state index contributed by atoms with van der Waals surface area (Å²) >= 11 is 0. The summed E-state index contributed by atoms with van der Waals surface area (Å²) in [5, 5.41) is 2.94. The summed E-state index contributed by atoms with van der Waals surface area (Å²) < 4.78 is 17.8. The molecule has 1 saturated carbocycles. The number of carbonyl (C=O) groups is 2. The van der Waals surface area contributed by atoms with E-state index < -0.39 is 5.91 Å². The number of carbonyl (C=O) groups excluding carboxylic acids is 2. The van der Waals surface area contributed by atoms with Gasteiger partial charge in [0.2, 0.25) is 11.8 Å². The van der Waals surface area contributed by atoms with Crippen LogP contribution in [0.5, 0.6) is 0 Å². The Hall–Kier alpha value is -1.95. The van der Waals surface area contributed by atoms with Crippen molar-refractivity contribution in [2.24, 2.45) is 11.7 Å². The SMILES string of the molecule is NC(=O)COCC(=O)N[C@H]1CCC[C@H]1Cc1ccc(F)cc1. The first kappa shape index (κ1) is 16.4. The number of hydrogen-bond acceptors (Lipinski definition) is 3. The second-order valence-electron chi connectivity index (χ2n) is 5.65. The van der Waals surface area contributed by atoms with Crippen molar-refractivity contribution in [3.63, 3.8) is 0 Å². The fourth-order valence-corrected chi connectivity index (χ4v) is 2.89. The van der Waals surface area contributed by atoms with Gasteiger partial charge in [0, 0.05) is 6.04 Å². The fraction of sp³-hybridized carbons (Fsp3) is 0.500. The molecular formula is C16H21FN2O3. The van der Waals surface area contributed by atoms with E-state index in [1.54, 1.807) is 12.1 Å². The molecule has 1 aromatic rings. The van der Waals surface area contributed by atoms with Gasteiger partial charge in [0.1, 0.15) is 19.0 Å². The molecule has 0 aliphatic heterocycles. The van der Waals surface area contributed by atoms with Gasteiger partial charge in [-0.15, -0.1) is 0 Å². The predicted octanol–water partition coefficient (Wildman–Crippen LogP) is 1.15. The second-order valence-corrected chi connectivity index (χ2v) is 5.65. The maximum absolute atomic E-state index is 12.9. The fourth-order valence-electron chi connectivity index (χ4n) is 2.89. The average molecular weight is 308 g/mol. The van der Waals surface area contributed by atoms with Gasteiger partial charge in [0.25, 0.3) is 0 Å². The summed E-state index contributed by atoms with van der Waals surface area (Å²) in [4.78, 5) is 22.3. The van der Waals surface area contributed by atoms with E-state index >= 15 is 0 Å². The van der Waals surface area contributed by atoms with Crippen LogP contribution in [0.25, 0.3) is 0 Å². The highest BCUT2D eigenvalue weighted by Crippen LogP contribution is 2.28. The molecule has 0 saturated heterocycles. The highest BCUT2D eigenvalue weighted by Gasteiger charge is 2.28. The number of benzene rings is 1. The van der Waals surface area contributed by atoms with Gasteiger partial charge in [-0.1, -0.05) is 18.6 Å². The molecule has 2 amide bonds. The van der Waals surface area contributed by atoms with Gasteiger partial charge in [0.15, 0.2) is 0 Å². The van der Waals surface area contributed by atoms with Crippen molar-refractivity contribution in [1.82, 2.24) is 5.32 Å². The van der Waals surface area contributed by atoms with Crippen LogP contribution >= 0.6 is 0 Å². The molecule has 5 nitrogen and oxygen atoms in total. The quantitative estimate of drug-likeness (QED) is 0.793. The Morgan fingerprint density at radius 2 is 1.95 bits per heavy atom. The zero-order chi connectivity index (χ0) is 15.9. The van der Waals surface area contributed by atoms with E-state index in [1.807, 2.05) is 0 Å². The molecule has 6 heteroatoms. The van der Waals surface area contributed by atoms with E-state index in [-0.39, 0.29) is 31.0 Å². The van der Waals surface area contributed by atoms with Crippen molar-refractivity contribution in [3.05, 3.63) is 35.6 Å². The lowest BCUT2D eigenvalue weighted by molar-refractivity contribution is -0.130. The van der Waals surface area contributed by atoms with Gasteiger partial charge in [-0.25, -0.2) is 4.39 Å². The lowest BCUT2D eigenvalue weighted by atomic mass is 9.94. The molecule has 1 aliphatic rings. The highest BCUT2D eigenvalue weighted by atomic mass is 19.1. The number of primary amides is 1. The van der Waals surface area contributed by atoms with Crippen molar-refractivity contribution in [2.45, 2.75) is 31.7 Å². The first-order valence-electron chi connectivity index (χ1n) is 7.44. The van der Waals surface area contributed by atoms with Crippen LogP contribution in [0.3, 0.4) is 0 Å². The van der Waals surface area contributed by atoms with Crippen molar-refractivity contribution in [1.29, 1.82) is 0 Å². The van der Waals surface area contributed by atoms with Crippen molar-refractivity contribution < 1.29 is 18.7 Å². The molecule has 0 heterocycles. The largest absolute Gasteiger partial charge is 0.368 e. The van der Waals surface area contributed by atoms with Crippen LogP contribution in [-0.4, -0.2) is 31.1 Å². The zero-order valence-corrected chi connectivity index (χ0v) is 12.4. The summed E-state index contributed by atoms with van der Waals surface area (Å²) in [5.41, 5.74) is 6.01. The number of amides is 2. The first-order valence-corrected chi connectivity index (χ1v) is 7.44. The lowest BCUT2D eigenvalue weighted by Gasteiger charge is -2.21. The molecule has 0 aromatic heterocycles. The predicted molar refractivity (Wildman–Crippen MR) is 79.4 cm³/mol. The molecule has 22 heavy (non-hydrogen) atoms. The van der Waals surface area contributed by atoms with E-state index in [4.69, 9.17) is 10.5 Å². The molecule has 0 radical (unpaired) electrons. The van der Waals surface area contributed by atoms with Crippen molar-refractivity contribution in [3.8, 4) is 0 Å². The van der Waals surface area contributed by atoms with Gasteiger partial charge in [-0.05, 0) is 42.9 Å². The molecule has 1 fully saturated rings. The van der Waals surface area contributed by atoms with Crippen LogP contribution in [0, 0.1) is 11.7 Å². The summed E-state index contributed by atoms with van der Waals surface area (Å²) in [6.07, 6.45) is 3.82. The second kappa shape index (κ2) is 7.89. The Balaban J connectivity index is 1.81. The third kappa shape index (κ3) is 5.11. The number of hydrogen-bond donors (Lipinski definition) is 2. The van der Waals surface area contributed by atoms with Gasteiger partial charge >= 0.3 is 0 Å². The average Bonchev–Trinajstić information content (AvgIpc) is 2.88. The monoisotopic (exact) mass is 308 g/mol. The van der Waals surface area contributed by atoms with Crippen LogP contribution in [0.2, 0.25) is 0 Å². The first-order chi connectivity index (χ1) is 10.5. The minimum Gasteiger partial charge on any atom is -0.368 e. The molecule has 120 valence electrons. The number of halogens is 1. The molecule has 1 aliphatic carbocycles. The molecule has 2 rings (SSSR count). The number of nitrogens with one attached hydrogen (secondary N) is 1. The summed E-state index contributed by atoms with van der Waals surface area (Å²) in [6.45, 7) is -0.417. The Morgan fingerprint density at radius 1 is 1.23 bits per heavy atom. The maximum Gasteiger partial charge on any atom is 0.246 e. The van der Waals surface area contributed by atoms with E-state index in [1.165, 1.54) is 12.1 Å². The van der Waals surface area contributed by atoms with Crippen LogP contribution in [0.15, 0.2) is 24.3 Å². The van der Waals surface area contributed by atoms with Crippen LogP contribution in [0.1, 0.15) is 24.8 Å². The topological polar surface area (TPSA) is 81.4 Å². The summed E-state index contributed by atoms with van der Waals surface area (Å²) in [7, 11) is 0. The van der Waals surface area contributed by atoms with Gasteiger partial charge in [-0.3, -0.25) is 9.59 Å². The van der Waals surface area contributed by atoms with E-state index in [0.717, 1.165) is 31.2 Å². The van der Waals surface area contributed by atoms with Gasteiger partial charge in [-0.2, -0.15) is 0 Å². The molecule has 3 N–H and O–H groups in total. The number of ether oxygens (including phenoxy) is 1. The normalized spacial score (nSPS) is 20.8. The zero-order valence-electron chi connectivity index (χ0n) is 12.4. The van der Waals surface area contributed by atoms with Gasteiger partial charge < -0.3 is 15.8 Å². The third-order valence-corrected chi connectivity index (χ3v) is 3.89. The van der Waals surface area contributed by atoms with E-state index in [9.17, 15) is 14.0 Å². The van der Waals surface area contributed by atoms with Crippen LogP contribution in [0.4, 0.5) is 4.39 Å². The smallest absolute Gasteiger partial charge is 0.246 e. The van der Waals surface area contributed by atoms with Gasteiger partial charge in [0.05, 0.1) is 0 Å². The Morgan fingerprint density at radius 3 is 2.64 bits per heavy atom. The summed E-state index contributed by atoms with van der Waals surface area (Å²) in [6, 6.07) is 6.56. The van der Waals surface area contributed by atoms with E-state index in [2.05, 4.69) is 5.32 Å². The standard InChI is InChI=1S/C16H21FN2O3/c17-13-6-4-11(5-7-13)8-12-2-1-3-14(12)19-16(21)10-22-9-15(18)20/h4-7,12,14H,1-3,8-10H2,(H2,18,20)(H,19,21)/t12-,14-/m0/s1. The van der Waals surface area contributed by atoms with Crippen LogP contribution in [-0.2, 0) is 20.7 Å². The highest BCUT2D eigenvalue weighted by molar-refractivity contribution is 5.79. The lowest BCUT2D eigenvalue weighted by Crippen LogP contribution is -2.40. The molecule has 2 atom stereocenters. The molecule has 0 spiro atoms. The minimum atomic E-state index is -0.595. The van der Waals surface area contributed by atoms with E-state index in [0.29, 0.717) is 5.92 Å². The Bertz CT molecular complexity index is 519. The molecule has 0 unspecified atom stereocenters. The summed E-state index contributed by atoms with van der Waals surface area (Å²) in [5.74, 6) is -0.739. The number of rotatable bonds is 7. The molecular weight excluding hydrogens is 287 g/mol. The molecule has 0 bridgehead atoms. The Labute approximate surface area is 129 Å².